The van der Waals surface area contributed by atoms with Crippen molar-refractivity contribution in [3.8, 4) is 0 Å². The molecule has 2 fully saturated rings. The number of sulfonamides is 1. The molecule has 1 heterocycles. The van der Waals surface area contributed by atoms with E-state index in [4.69, 9.17) is 23.2 Å². The predicted octanol–water partition coefficient (Wildman–Crippen LogP) is 8.41. The van der Waals surface area contributed by atoms with Crippen LogP contribution in [0.3, 0.4) is 0 Å². The van der Waals surface area contributed by atoms with Gasteiger partial charge in [0, 0.05) is 16.0 Å². The summed E-state index contributed by atoms with van der Waals surface area (Å²) in [4.78, 5) is 16.7. The first-order valence-corrected chi connectivity index (χ1v) is 17.0. The highest BCUT2D eigenvalue weighted by atomic mass is 35.5. The van der Waals surface area contributed by atoms with Crippen molar-refractivity contribution in [2.24, 2.45) is 11.3 Å². The second kappa shape index (κ2) is 12.6. The predicted molar refractivity (Wildman–Crippen MR) is 172 cm³/mol. The number of amides is 1. The van der Waals surface area contributed by atoms with Gasteiger partial charge in [0.2, 0.25) is 15.9 Å². The minimum Gasteiger partial charge on any atom is -0.329 e. The highest BCUT2D eigenvalue weighted by molar-refractivity contribution is 7.92. The zero-order valence-electron chi connectivity index (χ0n) is 24.4. The van der Waals surface area contributed by atoms with Gasteiger partial charge in [-0.05, 0) is 92.1 Å². The molecule has 1 aliphatic heterocycles. The van der Waals surface area contributed by atoms with E-state index in [9.17, 15) is 17.6 Å². The van der Waals surface area contributed by atoms with E-state index < -0.39 is 33.3 Å². The molecule has 9 heteroatoms. The number of carbonyl (C=O) groups excluding carboxylic acids is 1. The van der Waals surface area contributed by atoms with Crippen LogP contribution in [0.5, 0.6) is 0 Å². The zero-order valence-corrected chi connectivity index (χ0v) is 26.8. The fourth-order valence-corrected chi connectivity index (χ4v) is 7.99. The fourth-order valence-electron chi connectivity index (χ4n) is 6.53. The number of carbonyl (C=O) groups is 1. The number of hydrogen-bond acceptors (Lipinski definition) is 3. The number of allylic oxidation sites excluding steroid dienone is 1. The fraction of sp³-hybridized carbons (Fsp3) is 0.382. The summed E-state index contributed by atoms with van der Waals surface area (Å²) in [6.07, 6.45) is 4.53. The molecule has 4 atom stereocenters. The van der Waals surface area contributed by atoms with Gasteiger partial charge in [-0.3, -0.25) is 9.10 Å². The molecule has 1 saturated heterocycles. The van der Waals surface area contributed by atoms with E-state index in [0.29, 0.717) is 22.9 Å². The Morgan fingerprint density at radius 1 is 1.05 bits per heavy atom. The number of hydrogen-bond donors (Lipinski definition) is 0. The van der Waals surface area contributed by atoms with Crippen LogP contribution in [0, 0.1) is 17.2 Å². The molecule has 228 valence electrons. The summed E-state index contributed by atoms with van der Waals surface area (Å²) >= 11 is 12.8. The van der Waals surface area contributed by atoms with Crippen molar-refractivity contribution in [3.05, 3.63) is 112 Å². The molecule has 5 rings (SSSR count). The maximum absolute atomic E-state index is 14.8. The van der Waals surface area contributed by atoms with E-state index in [-0.39, 0.29) is 35.7 Å². The molecule has 1 aliphatic carbocycles. The number of likely N-dealkylation sites (tertiary alicyclic amines) is 1. The lowest BCUT2D eigenvalue weighted by molar-refractivity contribution is -0.154. The topological polar surface area (TPSA) is 57.7 Å². The molecule has 3 aromatic carbocycles. The highest BCUT2D eigenvalue weighted by Crippen LogP contribution is 2.54. The summed E-state index contributed by atoms with van der Waals surface area (Å²) < 4.78 is 42.8. The first-order chi connectivity index (χ1) is 20.5. The summed E-state index contributed by atoms with van der Waals surface area (Å²) in [6, 6.07) is 20.0. The normalized spacial score (nSPS) is 23.2. The van der Waals surface area contributed by atoms with Crippen molar-refractivity contribution in [1.82, 2.24) is 4.90 Å². The third kappa shape index (κ3) is 6.64. The standard InChI is InChI=1S/C34H37Cl2FN2O3S/c1-4-18-34(3)21-30(25-8-6-9-27(36)19-25)32(24-14-16-26(35)17-15-24)39(33(34)40)31(23-12-13-23)22-38(43(41,42)5-2)29-11-7-10-28(37)20-29/h4,6-11,14-17,19-20,23,30-32H,1,5,12-13,18,21-22H2,2-3H3/t30-,31-,32?,34+/m1/s1. The third-order valence-electron chi connectivity index (χ3n) is 8.86. The number of anilines is 1. The minimum absolute atomic E-state index is 0.0204. The SMILES string of the molecule is C=CC[C@@]1(C)C[C@H](c2cccc(Cl)c2)C(c2ccc(Cl)cc2)N([C@H](CN(c2cccc(F)c2)S(=O)(=O)CC)C2CC2)C1=O. The van der Waals surface area contributed by atoms with Crippen LogP contribution in [0.4, 0.5) is 10.1 Å². The van der Waals surface area contributed by atoms with Crippen LogP contribution in [0.1, 0.15) is 62.6 Å². The Bertz CT molecular complexity index is 1600. The monoisotopic (exact) mass is 642 g/mol. The van der Waals surface area contributed by atoms with E-state index in [1.54, 1.807) is 19.1 Å². The van der Waals surface area contributed by atoms with Gasteiger partial charge in [0.05, 0.1) is 35.5 Å². The zero-order chi connectivity index (χ0) is 30.9. The van der Waals surface area contributed by atoms with Gasteiger partial charge in [0.15, 0.2) is 0 Å². The quantitative estimate of drug-likeness (QED) is 0.197. The Hall–Kier alpha value is -2.87. The molecule has 3 aromatic rings. The largest absolute Gasteiger partial charge is 0.329 e. The average molecular weight is 644 g/mol. The van der Waals surface area contributed by atoms with Crippen LogP contribution in [0.15, 0.2) is 85.5 Å². The van der Waals surface area contributed by atoms with Gasteiger partial charge in [0.1, 0.15) is 5.82 Å². The maximum atomic E-state index is 14.8. The summed E-state index contributed by atoms with van der Waals surface area (Å²) in [6.45, 7) is 7.53. The molecule has 43 heavy (non-hydrogen) atoms. The van der Waals surface area contributed by atoms with Crippen molar-refractivity contribution in [2.45, 2.75) is 57.5 Å². The number of rotatable bonds is 11. The second-order valence-electron chi connectivity index (χ2n) is 11.9. The van der Waals surface area contributed by atoms with E-state index in [0.717, 1.165) is 24.0 Å². The molecule has 2 aliphatic rings. The first kappa shape index (κ1) is 31.6. The lowest BCUT2D eigenvalue weighted by Gasteiger charge is -2.53. The minimum atomic E-state index is -3.81. The Balaban J connectivity index is 1.70. The van der Waals surface area contributed by atoms with E-state index >= 15 is 0 Å². The Morgan fingerprint density at radius 3 is 2.35 bits per heavy atom. The number of benzene rings is 3. The molecule has 0 radical (unpaired) electrons. The van der Waals surface area contributed by atoms with Crippen LogP contribution in [-0.2, 0) is 14.8 Å². The summed E-state index contributed by atoms with van der Waals surface area (Å²) in [5.41, 5.74) is 1.38. The van der Waals surface area contributed by atoms with Gasteiger partial charge in [-0.25, -0.2) is 12.8 Å². The van der Waals surface area contributed by atoms with Crippen molar-refractivity contribution in [1.29, 1.82) is 0 Å². The van der Waals surface area contributed by atoms with Gasteiger partial charge >= 0.3 is 0 Å². The molecule has 0 aromatic heterocycles. The molecule has 1 unspecified atom stereocenters. The number of piperidine rings is 1. The Labute approximate surface area is 264 Å². The van der Waals surface area contributed by atoms with E-state index in [1.165, 1.54) is 22.5 Å². The first-order valence-electron chi connectivity index (χ1n) is 14.7. The molecule has 0 spiro atoms. The van der Waals surface area contributed by atoms with Gasteiger partial charge < -0.3 is 4.90 Å². The summed E-state index contributed by atoms with van der Waals surface area (Å²) in [7, 11) is -3.81. The van der Waals surface area contributed by atoms with E-state index in [1.807, 2.05) is 60.4 Å². The lowest BCUT2D eigenvalue weighted by atomic mass is 9.67. The molecule has 1 amide bonds. The second-order valence-corrected chi connectivity index (χ2v) is 15.0. The maximum Gasteiger partial charge on any atom is 0.234 e. The van der Waals surface area contributed by atoms with Gasteiger partial charge in [0.25, 0.3) is 0 Å². The Morgan fingerprint density at radius 2 is 1.74 bits per heavy atom. The number of nitrogens with zero attached hydrogens (tertiary/aromatic N) is 2. The van der Waals surface area contributed by atoms with Gasteiger partial charge in [-0.2, -0.15) is 0 Å². The number of halogens is 3. The molecule has 0 N–H and O–H groups in total. The summed E-state index contributed by atoms with van der Waals surface area (Å²) in [5, 5.41) is 1.18. The van der Waals surface area contributed by atoms with Crippen LogP contribution in [0.2, 0.25) is 10.0 Å². The highest BCUT2D eigenvalue weighted by Gasteiger charge is 2.54. The van der Waals surface area contributed by atoms with Crippen molar-refractivity contribution in [3.63, 3.8) is 0 Å². The molecule has 1 saturated carbocycles. The summed E-state index contributed by atoms with van der Waals surface area (Å²) in [5.74, 6) is -0.781. The molecular formula is C34H37Cl2FN2O3S. The van der Waals surface area contributed by atoms with Crippen LogP contribution in [0.25, 0.3) is 0 Å². The van der Waals surface area contributed by atoms with Crippen LogP contribution < -0.4 is 4.31 Å². The smallest absolute Gasteiger partial charge is 0.234 e. The third-order valence-corrected chi connectivity index (χ3v) is 11.1. The van der Waals surface area contributed by atoms with Crippen LogP contribution in [-0.4, -0.2) is 37.6 Å². The van der Waals surface area contributed by atoms with Crippen molar-refractivity contribution in [2.75, 3.05) is 16.6 Å². The molecular weight excluding hydrogens is 606 g/mol. The average Bonchev–Trinajstić information content (AvgIpc) is 3.81. The van der Waals surface area contributed by atoms with E-state index in [2.05, 4.69) is 6.58 Å². The van der Waals surface area contributed by atoms with Crippen LogP contribution >= 0.6 is 23.2 Å². The van der Waals surface area contributed by atoms with Crippen molar-refractivity contribution < 1.29 is 17.6 Å². The Kier molecular flexibility index (Phi) is 9.26. The van der Waals surface area contributed by atoms with Gasteiger partial charge in [-0.1, -0.05) is 66.5 Å². The molecule has 0 bridgehead atoms. The molecule has 5 nitrogen and oxygen atoms in total. The van der Waals surface area contributed by atoms with Crippen molar-refractivity contribution >= 4 is 44.8 Å². The van der Waals surface area contributed by atoms with Gasteiger partial charge in [-0.15, -0.1) is 6.58 Å². The lowest BCUT2D eigenvalue weighted by Crippen LogP contribution is -2.59.